The molecule has 3 fully saturated rings. The molecule has 5 rings (SSSR count). The molecule has 1 aliphatic heterocycles. The van der Waals surface area contributed by atoms with E-state index >= 15 is 0 Å². The Morgan fingerprint density at radius 3 is 2.54 bits per heavy atom. The molecule has 2 aliphatic carbocycles. The van der Waals surface area contributed by atoms with Gasteiger partial charge in [-0.1, -0.05) is 34.6 Å². The molecule has 2 saturated carbocycles. The summed E-state index contributed by atoms with van der Waals surface area (Å²) in [5.74, 6) is -1.18. The van der Waals surface area contributed by atoms with E-state index in [1.165, 1.54) is 6.20 Å². The van der Waals surface area contributed by atoms with Crippen molar-refractivity contribution in [3.8, 4) is 6.07 Å². The third kappa shape index (κ3) is 4.73. The topological polar surface area (TPSA) is 148 Å². The van der Waals surface area contributed by atoms with Gasteiger partial charge in [0.25, 0.3) is 0 Å². The van der Waals surface area contributed by atoms with Crippen LogP contribution in [0.25, 0.3) is 10.9 Å². The predicted molar refractivity (Wildman–Crippen MR) is 142 cm³/mol. The monoisotopic (exact) mass is 532 g/mol. The highest BCUT2D eigenvalue weighted by Gasteiger charge is 2.69. The SMILES string of the molecule is CC(C)(C)C(NC(=O)C1CC(O)C1)C(=O)N1C[C@H]2[C@@H]([C@H]1C(=O)NC(C#N)c1cncc3cccnc13)C2(C)C. The normalized spacial score (nSPS) is 28.4. The van der Waals surface area contributed by atoms with Crippen LogP contribution in [0.5, 0.6) is 0 Å². The molecule has 0 aromatic carbocycles. The van der Waals surface area contributed by atoms with Crippen LogP contribution in [0.4, 0.5) is 0 Å². The second-order valence-electron chi connectivity index (χ2n) is 12.9. The molecule has 5 atom stereocenters. The first kappa shape index (κ1) is 27.0. The van der Waals surface area contributed by atoms with Crippen LogP contribution in [0.15, 0.2) is 30.7 Å². The van der Waals surface area contributed by atoms with Crippen molar-refractivity contribution in [3.05, 3.63) is 36.3 Å². The van der Waals surface area contributed by atoms with Crippen LogP contribution in [0, 0.1) is 39.9 Å². The number of aromatic nitrogens is 2. The number of nitrogens with zero attached hydrogens (tertiary/aromatic N) is 4. The van der Waals surface area contributed by atoms with Crippen LogP contribution in [0.3, 0.4) is 0 Å². The highest BCUT2D eigenvalue weighted by molar-refractivity contribution is 5.95. The molecule has 10 nitrogen and oxygen atoms in total. The molecule has 1 saturated heterocycles. The van der Waals surface area contributed by atoms with Crippen LogP contribution in [-0.2, 0) is 14.4 Å². The van der Waals surface area contributed by atoms with E-state index in [0.717, 1.165) is 5.39 Å². The number of hydrogen-bond acceptors (Lipinski definition) is 7. The third-order valence-electron chi connectivity index (χ3n) is 8.91. The van der Waals surface area contributed by atoms with Gasteiger partial charge in [-0.2, -0.15) is 5.26 Å². The number of hydrogen-bond donors (Lipinski definition) is 3. The van der Waals surface area contributed by atoms with Gasteiger partial charge in [0.05, 0.1) is 17.7 Å². The highest BCUT2D eigenvalue weighted by atomic mass is 16.3. The average molecular weight is 533 g/mol. The first-order valence-corrected chi connectivity index (χ1v) is 13.5. The number of nitrogens with one attached hydrogen (secondary N) is 2. The Morgan fingerprint density at radius 2 is 1.90 bits per heavy atom. The van der Waals surface area contributed by atoms with Gasteiger partial charge in [-0.25, -0.2) is 0 Å². The van der Waals surface area contributed by atoms with Crippen molar-refractivity contribution in [3.63, 3.8) is 0 Å². The summed E-state index contributed by atoms with van der Waals surface area (Å²) in [5.41, 5.74) is 0.355. The minimum Gasteiger partial charge on any atom is -0.393 e. The fourth-order valence-electron chi connectivity index (χ4n) is 6.33. The van der Waals surface area contributed by atoms with Crippen molar-refractivity contribution in [1.29, 1.82) is 5.26 Å². The number of aliphatic hydroxyl groups is 1. The second kappa shape index (κ2) is 9.56. The number of aliphatic hydroxyl groups excluding tert-OH is 1. The zero-order valence-corrected chi connectivity index (χ0v) is 23.0. The maximum Gasteiger partial charge on any atom is 0.246 e. The molecule has 206 valence electrons. The van der Waals surface area contributed by atoms with Crippen molar-refractivity contribution in [1.82, 2.24) is 25.5 Å². The number of rotatable bonds is 6. The smallest absolute Gasteiger partial charge is 0.246 e. The van der Waals surface area contributed by atoms with Crippen LogP contribution in [-0.4, -0.2) is 62.4 Å². The molecule has 3 amide bonds. The van der Waals surface area contributed by atoms with Gasteiger partial charge in [0.2, 0.25) is 17.7 Å². The summed E-state index contributed by atoms with van der Waals surface area (Å²) in [6, 6.07) is 3.19. The molecule has 0 bridgehead atoms. The highest BCUT2D eigenvalue weighted by Crippen LogP contribution is 2.65. The number of carbonyl (C=O) groups excluding carboxylic acids is 3. The minimum absolute atomic E-state index is 0.0531. The minimum atomic E-state index is -0.996. The Kier molecular flexibility index (Phi) is 6.62. The van der Waals surface area contributed by atoms with Crippen molar-refractivity contribution in [2.45, 2.75) is 71.7 Å². The van der Waals surface area contributed by atoms with Gasteiger partial charge in [0.15, 0.2) is 0 Å². The number of nitriles is 1. The summed E-state index contributed by atoms with van der Waals surface area (Å²) in [6.45, 7) is 10.2. The molecular weight excluding hydrogens is 496 g/mol. The van der Waals surface area contributed by atoms with E-state index in [-0.39, 0.29) is 35.0 Å². The summed E-state index contributed by atoms with van der Waals surface area (Å²) >= 11 is 0. The Balaban J connectivity index is 1.39. The van der Waals surface area contributed by atoms with E-state index in [0.29, 0.717) is 30.5 Å². The summed E-state index contributed by atoms with van der Waals surface area (Å²) in [7, 11) is 0. The summed E-state index contributed by atoms with van der Waals surface area (Å²) in [5, 5.41) is 26.2. The van der Waals surface area contributed by atoms with E-state index in [1.54, 1.807) is 23.4 Å². The number of fused-ring (bicyclic) bond motifs is 2. The number of amides is 3. The fourth-order valence-corrected chi connectivity index (χ4v) is 6.33. The molecule has 3 aliphatic rings. The summed E-state index contributed by atoms with van der Waals surface area (Å²) < 4.78 is 0. The van der Waals surface area contributed by atoms with Crippen LogP contribution in [0.1, 0.15) is 59.1 Å². The van der Waals surface area contributed by atoms with Gasteiger partial charge >= 0.3 is 0 Å². The molecule has 10 heteroatoms. The molecule has 3 N–H and O–H groups in total. The van der Waals surface area contributed by atoms with Crippen molar-refractivity contribution >= 4 is 28.6 Å². The number of carbonyl (C=O) groups is 3. The van der Waals surface area contributed by atoms with Gasteiger partial charge in [-0.3, -0.25) is 24.4 Å². The zero-order valence-electron chi connectivity index (χ0n) is 23.0. The van der Waals surface area contributed by atoms with Crippen LogP contribution >= 0.6 is 0 Å². The van der Waals surface area contributed by atoms with Gasteiger partial charge < -0.3 is 20.6 Å². The number of pyridine rings is 2. The van der Waals surface area contributed by atoms with E-state index < -0.39 is 35.6 Å². The lowest BCUT2D eigenvalue weighted by Gasteiger charge is -2.39. The van der Waals surface area contributed by atoms with Gasteiger partial charge in [0.1, 0.15) is 18.1 Å². The Hall–Kier alpha value is -3.58. The second-order valence-corrected chi connectivity index (χ2v) is 12.9. The molecule has 0 radical (unpaired) electrons. The van der Waals surface area contributed by atoms with Gasteiger partial charge in [-0.05, 0) is 47.6 Å². The van der Waals surface area contributed by atoms with Crippen molar-refractivity contribution < 1.29 is 19.5 Å². The lowest BCUT2D eigenvalue weighted by Crippen LogP contribution is -2.60. The number of piperidine rings is 1. The molecule has 2 unspecified atom stereocenters. The lowest BCUT2D eigenvalue weighted by molar-refractivity contribution is -0.147. The fraction of sp³-hybridized carbons (Fsp3) is 0.586. The molecule has 2 aromatic heterocycles. The van der Waals surface area contributed by atoms with Gasteiger partial charge in [-0.15, -0.1) is 0 Å². The molecule has 0 spiro atoms. The van der Waals surface area contributed by atoms with Crippen molar-refractivity contribution in [2.75, 3.05) is 6.54 Å². The Labute approximate surface area is 228 Å². The van der Waals surface area contributed by atoms with E-state index in [4.69, 9.17) is 0 Å². The van der Waals surface area contributed by atoms with Gasteiger partial charge in [0, 0.05) is 42.0 Å². The maximum atomic E-state index is 14.0. The third-order valence-corrected chi connectivity index (χ3v) is 8.91. The zero-order chi connectivity index (χ0) is 28.3. The lowest BCUT2D eigenvalue weighted by atomic mass is 9.80. The maximum absolute atomic E-state index is 14.0. The first-order valence-electron chi connectivity index (χ1n) is 13.5. The van der Waals surface area contributed by atoms with Crippen LogP contribution < -0.4 is 10.6 Å². The summed E-state index contributed by atoms with van der Waals surface area (Å²) in [4.78, 5) is 50.9. The molecular formula is C29H36N6O4. The van der Waals surface area contributed by atoms with Crippen molar-refractivity contribution in [2.24, 2.45) is 28.6 Å². The predicted octanol–water partition coefficient (Wildman–Crippen LogP) is 2.10. The average Bonchev–Trinajstić information content (AvgIpc) is 3.19. The first-order chi connectivity index (χ1) is 18.3. The van der Waals surface area contributed by atoms with E-state index in [1.807, 2.05) is 26.8 Å². The van der Waals surface area contributed by atoms with E-state index in [2.05, 4.69) is 40.5 Å². The Bertz CT molecular complexity index is 1350. The molecule has 39 heavy (non-hydrogen) atoms. The Morgan fingerprint density at radius 1 is 1.18 bits per heavy atom. The summed E-state index contributed by atoms with van der Waals surface area (Å²) in [6.07, 6.45) is 5.11. The molecule has 2 aromatic rings. The molecule has 3 heterocycles. The van der Waals surface area contributed by atoms with E-state index in [9.17, 15) is 24.8 Å². The largest absolute Gasteiger partial charge is 0.393 e. The number of likely N-dealkylation sites (tertiary alicyclic amines) is 1. The van der Waals surface area contributed by atoms with Crippen LogP contribution in [0.2, 0.25) is 0 Å². The quantitative estimate of drug-likeness (QED) is 0.516. The standard InChI is InChI=1S/C29H36N6O4/c1-28(2,3)24(34-25(37)16-9-17(36)10-16)27(39)35-14-19-21(29(19,4)5)23(35)26(38)33-20(11-30)18-13-31-12-15-7-6-8-32-22(15)18/h6-8,12-13,16-17,19-21,23-24,36H,9-10,14H2,1-5H3,(H,33,38)(H,34,37)/t16?,17?,19-,20?,21-,23-,24?/m0/s1.